The second-order valence-electron chi connectivity index (χ2n) is 7.69. The van der Waals surface area contributed by atoms with Gasteiger partial charge >= 0.3 is 0 Å². The van der Waals surface area contributed by atoms with Crippen LogP contribution in [0.2, 0.25) is 0 Å². The number of hydrogen-bond acceptors (Lipinski definition) is 4. The second-order valence-corrected chi connectivity index (χ2v) is 7.69. The van der Waals surface area contributed by atoms with Gasteiger partial charge in [0.15, 0.2) is 0 Å². The molecule has 0 aliphatic carbocycles. The third kappa shape index (κ3) is 4.02. The Balaban J connectivity index is 1.37. The summed E-state index contributed by atoms with van der Waals surface area (Å²) >= 11 is 0. The number of benzene rings is 2. The molecule has 5 rings (SSSR count). The van der Waals surface area contributed by atoms with Crippen LogP contribution in [0.15, 0.2) is 77.5 Å². The molecule has 1 saturated heterocycles. The number of rotatable bonds is 5. The van der Waals surface area contributed by atoms with Gasteiger partial charge in [-0.3, -0.25) is 9.59 Å². The Morgan fingerprint density at radius 2 is 1.62 bits per heavy atom. The molecular formula is C25H23N3O4. The van der Waals surface area contributed by atoms with Crippen LogP contribution >= 0.6 is 0 Å². The maximum Gasteiger partial charge on any atom is 0.291 e. The molecule has 32 heavy (non-hydrogen) atoms. The molecular weight excluding hydrogens is 406 g/mol. The predicted molar refractivity (Wildman–Crippen MR) is 121 cm³/mol. The number of hydrogen-bond donors (Lipinski definition) is 1. The van der Waals surface area contributed by atoms with Gasteiger partial charge in [-0.05, 0) is 42.0 Å². The van der Waals surface area contributed by atoms with Crippen LogP contribution in [0.25, 0.3) is 16.7 Å². The van der Waals surface area contributed by atoms with Crippen LogP contribution in [0.1, 0.15) is 16.1 Å². The number of carbonyl (C=O) groups excluding carboxylic acids is 2. The average Bonchev–Trinajstić information content (AvgIpc) is 3.49. The third-order valence-corrected chi connectivity index (χ3v) is 5.56. The molecule has 4 aromatic rings. The molecule has 0 radical (unpaired) electrons. The number of para-hydroxylation sites is 1. The highest BCUT2D eigenvalue weighted by Gasteiger charge is 2.27. The van der Waals surface area contributed by atoms with Gasteiger partial charge in [0.1, 0.15) is 11.3 Å². The highest BCUT2D eigenvalue weighted by Crippen LogP contribution is 2.32. The minimum Gasteiger partial charge on any atom is -0.449 e. The molecule has 0 saturated carbocycles. The normalized spacial score (nSPS) is 13.9. The summed E-state index contributed by atoms with van der Waals surface area (Å²) in [6, 6.07) is 19.1. The Morgan fingerprint density at radius 3 is 2.38 bits per heavy atom. The van der Waals surface area contributed by atoms with Crippen LogP contribution in [0.5, 0.6) is 0 Å². The van der Waals surface area contributed by atoms with Gasteiger partial charge in [0.25, 0.3) is 5.91 Å². The number of morpholine rings is 1. The van der Waals surface area contributed by atoms with Gasteiger partial charge in [-0.15, -0.1) is 0 Å². The first-order valence-corrected chi connectivity index (χ1v) is 10.6. The molecule has 1 N–H and O–H groups in total. The fraction of sp³-hybridized carbons (Fsp3) is 0.200. The van der Waals surface area contributed by atoms with Crippen molar-refractivity contribution in [3.63, 3.8) is 0 Å². The summed E-state index contributed by atoms with van der Waals surface area (Å²) in [7, 11) is 0. The molecule has 0 atom stereocenters. The smallest absolute Gasteiger partial charge is 0.291 e. The number of ether oxygens (including phenoxy) is 1. The largest absolute Gasteiger partial charge is 0.449 e. The molecule has 2 amide bonds. The molecule has 162 valence electrons. The molecule has 0 bridgehead atoms. The number of anilines is 1. The van der Waals surface area contributed by atoms with Crippen molar-refractivity contribution in [2.45, 2.75) is 6.42 Å². The number of furan rings is 1. The number of amides is 2. The minimum atomic E-state index is -0.240. The summed E-state index contributed by atoms with van der Waals surface area (Å²) in [6.45, 7) is 1.98. The van der Waals surface area contributed by atoms with Gasteiger partial charge < -0.3 is 23.9 Å². The molecule has 1 aliphatic rings. The molecule has 0 spiro atoms. The van der Waals surface area contributed by atoms with Gasteiger partial charge in [0.05, 0.1) is 19.6 Å². The number of carbonyl (C=O) groups is 2. The van der Waals surface area contributed by atoms with Crippen LogP contribution in [-0.2, 0) is 16.0 Å². The Kier molecular flexibility index (Phi) is 5.47. The molecule has 2 aromatic carbocycles. The first-order chi connectivity index (χ1) is 15.7. The van der Waals surface area contributed by atoms with E-state index in [0.29, 0.717) is 43.0 Å². The van der Waals surface area contributed by atoms with Gasteiger partial charge in [-0.25, -0.2) is 0 Å². The van der Waals surface area contributed by atoms with E-state index in [1.807, 2.05) is 71.6 Å². The van der Waals surface area contributed by atoms with E-state index in [9.17, 15) is 9.59 Å². The van der Waals surface area contributed by atoms with Gasteiger partial charge in [0, 0.05) is 36.6 Å². The fourth-order valence-corrected chi connectivity index (χ4v) is 3.89. The predicted octanol–water partition coefficient (Wildman–Crippen LogP) is 3.88. The third-order valence-electron chi connectivity index (χ3n) is 5.56. The first kappa shape index (κ1) is 20.1. The van der Waals surface area contributed by atoms with Crippen LogP contribution in [0.4, 0.5) is 5.69 Å². The van der Waals surface area contributed by atoms with Gasteiger partial charge in [0.2, 0.25) is 11.7 Å². The molecule has 1 aliphatic heterocycles. The lowest BCUT2D eigenvalue weighted by atomic mass is 10.1. The lowest BCUT2D eigenvalue weighted by Crippen LogP contribution is -2.40. The van der Waals surface area contributed by atoms with Gasteiger partial charge in [-0.1, -0.05) is 24.3 Å². The van der Waals surface area contributed by atoms with E-state index in [-0.39, 0.29) is 24.0 Å². The van der Waals surface area contributed by atoms with E-state index in [0.717, 1.165) is 11.3 Å². The Hall–Kier alpha value is -3.84. The monoisotopic (exact) mass is 429 g/mol. The van der Waals surface area contributed by atoms with E-state index >= 15 is 0 Å². The molecule has 7 heteroatoms. The fourth-order valence-electron chi connectivity index (χ4n) is 3.89. The summed E-state index contributed by atoms with van der Waals surface area (Å²) < 4.78 is 13.2. The Morgan fingerprint density at radius 1 is 0.906 bits per heavy atom. The van der Waals surface area contributed by atoms with Crippen molar-refractivity contribution in [1.29, 1.82) is 0 Å². The molecule has 7 nitrogen and oxygen atoms in total. The van der Waals surface area contributed by atoms with Crippen molar-refractivity contribution >= 4 is 28.5 Å². The highest BCUT2D eigenvalue weighted by atomic mass is 16.5. The molecule has 0 unspecified atom stereocenters. The number of aromatic nitrogens is 1. The summed E-state index contributed by atoms with van der Waals surface area (Å²) in [5, 5.41) is 3.64. The van der Waals surface area contributed by atoms with E-state index < -0.39 is 0 Å². The number of fused-ring (bicyclic) bond motifs is 1. The van der Waals surface area contributed by atoms with Crippen molar-refractivity contribution < 1.29 is 18.7 Å². The zero-order valence-electron chi connectivity index (χ0n) is 17.5. The lowest BCUT2D eigenvalue weighted by Gasteiger charge is -2.26. The Labute approximate surface area is 185 Å². The van der Waals surface area contributed by atoms with Crippen LogP contribution in [0, 0.1) is 0 Å². The lowest BCUT2D eigenvalue weighted by molar-refractivity contribution is -0.115. The first-order valence-electron chi connectivity index (χ1n) is 10.6. The molecule has 3 heterocycles. The van der Waals surface area contributed by atoms with Crippen molar-refractivity contribution in [2.75, 3.05) is 31.6 Å². The minimum absolute atomic E-state index is 0.157. The Bertz CT molecular complexity index is 1240. The van der Waals surface area contributed by atoms with Crippen molar-refractivity contribution in [3.8, 4) is 5.69 Å². The zero-order chi connectivity index (χ0) is 21.9. The van der Waals surface area contributed by atoms with E-state index in [1.54, 1.807) is 11.0 Å². The van der Waals surface area contributed by atoms with Crippen molar-refractivity contribution in [1.82, 2.24) is 9.47 Å². The maximum absolute atomic E-state index is 13.1. The standard InChI is InChI=1S/C25H23N3O4/c29-22(17-18-7-9-19(10-8-18)27-11-3-4-12-27)26-23-20-5-1-2-6-21(20)32-24(23)25(30)28-13-15-31-16-14-28/h1-12H,13-17H2,(H,26,29). The molecule has 1 fully saturated rings. The average molecular weight is 429 g/mol. The second kappa shape index (κ2) is 8.72. The number of nitrogens with zero attached hydrogens (tertiary/aromatic N) is 2. The van der Waals surface area contributed by atoms with E-state index in [1.165, 1.54) is 0 Å². The summed E-state index contributed by atoms with van der Waals surface area (Å²) in [6.07, 6.45) is 4.13. The van der Waals surface area contributed by atoms with Crippen LogP contribution in [-0.4, -0.2) is 47.6 Å². The zero-order valence-corrected chi connectivity index (χ0v) is 17.5. The maximum atomic E-state index is 13.1. The van der Waals surface area contributed by atoms with Gasteiger partial charge in [-0.2, -0.15) is 0 Å². The molecule has 2 aromatic heterocycles. The number of nitrogens with one attached hydrogen (secondary N) is 1. The van der Waals surface area contributed by atoms with Crippen molar-refractivity contribution in [2.24, 2.45) is 0 Å². The summed E-state index contributed by atoms with van der Waals surface area (Å²) in [5.41, 5.74) is 2.90. The SMILES string of the molecule is O=C(Cc1ccc(-n2cccc2)cc1)Nc1c(C(=O)N2CCOCC2)oc2ccccc12. The quantitative estimate of drug-likeness (QED) is 0.522. The van der Waals surface area contributed by atoms with E-state index in [2.05, 4.69) is 5.32 Å². The summed E-state index contributed by atoms with van der Waals surface area (Å²) in [4.78, 5) is 27.7. The van der Waals surface area contributed by atoms with Crippen LogP contribution < -0.4 is 5.32 Å². The summed E-state index contributed by atoms with van der Waals surface area (Å²) in [5.74, 6) is -0.290. The highest BCUT2D eigenvalue weighted by molar-refractivity contribution is 6.11. The van der Waals surface area contributed by atoms with Crippen molar-refractivity contribution in [3.05, 3.63) is 84.4 Å². The van der Waals surface area contributed by atoms with E-state index in [4.69, 9.17) is 9.15 Å². The topological polar surface area (TPSA) is 76.7 Å². The van der Waals surface area contributed by atoms with Crippen LogP contribution in [0.3, 0.4) is 0 Å².